The fourth-order valence-corrected chi connectivity index (χ4v) is 7.04. The van der Waals surface area contributed by atoms with Gasteiger partial charge in [0.25, 0.3) is 6.43 Å². The van der Waals surface area contributed by atoms with Crippen LogP contribution in [0.2, 0.25) is 0 Å². The number of ether oxygens (including phenoxy) is 1. The van der Waals surface area contributed by atoms with Crippen LogP contribution in [0, 0.1) is 0 Å². The second-order valence-corrected chi connectivity index (χ2v) is 11.6. The molecule has 0 aliphatic carbocycles. The molecule has 1 fully saturated rings. The van der Waals surface area contributed by atoms with Crippen molar-refractivity contribution in [2.45, 2.75) is 64.6 Å². The molecule has 1 unspecified atom stereocenters. The molecule has 5 heterocycles. The molecule has 1 aromatic heterocycles. The number of benzene rings is 1. The Balaban J connectivity index is 1.39. The number of anilines is 2. The zero-order chi connectivity index (χ0) is 29.5. The van der Waals surface area contributed by atoms with Crippen LogP contribution in [-0.2, 0) is 20.7 Å². The predicted molar refractivity (Wildman–Crippen MR) is 156 cm³/mol. The lowest BCUT2D eigenvalue weighted by Gasteiger charge is -2.45. The summed E-state index contributed by atoms with van der Waals surface area (Å²) in [6, 6.07) is 7.21. The number of rotatable bonds is 5. The first kappa shape index (κ1) is 28.5. The quantitative estimate of drug-likeness (QED) is 0.555. The minimum atomic E-state index is -2.68. The predicted octanol–water partition coefficient (Wildman–Crippen LogP) is 4.57. The van der Waals surface area contributed by atoms with Gasteiger partial charge in [-0.2, -0.15) is 5.01 Å². The summed E-state index contributed by atoms with van der Waals surface area (Å²) in [5, 5.41) is 7.32. The fraction of sp³-hybridized carbons (Fsp3) is 0.516. The van der Waals surface area contributed by atoms with Crippen molar-refractivity contribution in [3.8, 4) is 11.1 Å². The monoisotopic (exact) mass is 580 g/mol. The number of hydrogen-bond acceptors (Lipinski definition) is 7. The van der Waals surface area contributed by atoms with Crippen LogP contribution in [0.1, 0.15) is 57.1 Å². The number of carbonyl (C=O) groups is 2. The maximum atomic E-state index is 14.6. The number of aromatic nitrogens is 1. The molecule has 1 N–H and O–H groups in total. The summed E-state index contributed by atoms with van der Waals surface area (Å²) in [7, 11) is 2.09. The van der Waals surface area contributed by atoms with Crippen molar-refractivity contribution in [3.05, 3.63) is 52.9 Å². The van der Waals surface area contributed by atoms with E-state index < -0.39 is 6.43 Å². The third kappa shape index (κ3) is 5.24. The summed E-state index contributed by atoms with van der Waals surface area (Å²) in [5.41, 5.74) is 5.27. The summed E-state index contributed by atoms with van der Waals surface area (Å²) in [5.74, 6) is 0.185. The van der Waals surface area contributed by atoms with Crippen molar-refractivity contribution >= 4 is 23.3 Å². The maximum Gasteiger partial charge on any atom is 0.264 e. The number of aryl methyl sites for hydroxylation is 1. The van der Waals surface area contributed by atoms with E-state index in [1.807, 2.05) is 11.0 Å². The molecule has 1 aromatic carbocycles. The molecule has 42 heavy (non-hydrogen) atoms. The maximum absolute atomic E-state index is 14.6. The first-order valence-corrected chi connectivity index (χ1v) is 14.8. The van der Waals surface area contributed by atoms with Crippen molar-refractivity contribution < 1.29 is 23.1 Å². The number of pyridine rings is 1. The Bertz CT molecular complexity index is 1390. The SMILES string of the molecule is CC(=O)Nc1ccc(-c2cc3c(cc2C(F)F)N(C2C4=C(CCN(C(C)=O)C4)N(C4CCOCC4)N2C)CCC3)cn1. The summed E-state index contributed by atoms with van der Waals surface area (Å²) < 4.78 is 35.0. The Hall–Kier alpha value is -3.57. The Morgan fingerprint density at radius 2 is 1.88 bits per heavy atom. The van der Waals surface area contributed by atoms with Gasteiger partial charge in [-0.25, -0.2) is 13.8 Å². The molecule has 1 atom stereocenters. The van der Waals surface area contributed by atoms with Gasteiger partial charge in [-0.1, -0.05) is 0 Å². The fourth-order valence-electron chi connectivity index (χ4n) is 7.04. The highest BCUT2D eigenvalue weighted by molar-refractivity contribution is 5.87. The molecule has 6 rings (SSSR count). The van der Waals surface area contributed by atoms with E-state index in [0.717, 1.165) is 63.1 Å². The van der Waals surface area contributed by atoms with Crippen molar-refractivity contribution in [3.63, 3.8) is 0 Å². The van der Waals surface area contributed by atoms with Gasteiger partial charge < -0.3 is 24.9 Å². The van der Waals surface area contributed by atoms with Crippen LogP contribution >= 0.6 is 0 Å². The lowest BCUT2D eigenvalue weighted by Crippen LogP contribution is -2.54. The average Bonchev–Trinajstić information content (AvgIpc) is 3.27. The number of likely N-dealkylation sites (N-methyl/N-ethyl adjacent to an activating group) is 1. The van der Waals surface area contributed by atoms with E-state index in [9.17, 15) is 18.4 Å². The number of hydrogen-bond donors (Lipinski definition) is 1. The van der Waals surface area contributed by atoms with Gasteiger partial charge in [-0.3, -0.25) is 9.59 Å². The zero-order valence-corrected chi connectivity index (χ0v) is 24.4. The molecule has 4 aliphatic rings. The van der Waals surface area contributed by atoms with Crippen molar-refractivity contribution in [2.75, 3.05) is 50.1 Å². The van der Waals surface area contributed by atoms with Gasteiger partial charge in [0, 0.05) is 100 Å². The summed E-state index contributed by atoms with van der Waals surface area (Å²) in [4.78, 5) is 32.3. The molecule has 0 radical (unpaired) electrons. The molecule has 9 nitrogen and oxygen atoms in total. The second kappa shape index (κ2) is 11.6. The van der Waals surface area contributed by atoms with E-state index >= 15 is 0 Å². The van der Waals surface area contributed by atoms with E-state index in [-0.39, 0.29) is 23.5 Å². The number of halogens is 2. The van der Waals surface area contributed by atoms with Gasteiger partial charge in [0.1, 0.15) is 12.0 Å². The lowest BCUT2D eigenvalue weighted by molar-refractivity contribution is -0.128. The molecule has 11 heteroatoms. The van der Waals surface area contributed by atoms with Crippen LogP contribution in [0.4, 0.5) is 20.3 Å². The van der Waals surface area contributed by atoms with Crippen LogP contribution in [0.5, 0.6) is 0 Å². The molecule has 224 valence electrons. The zero-order valence-electron chi connectivity index (χ0n) is 24.4. The number of hydrazine groups is 1. The van der Waals surface area contributed by atoms with Crippen molar-refractivity contribution in [1.29, 1.82) is 0 Å². The molecular formula is C31H38F2N6O3. The van der Waals surface area contributed by atoms with Crippen LogP contribution in [-0.4, -0.2) is 83.8 Å². The van der Waals surface area contributed by atoms with Crippen LogP contribution < -0.4 is 10.2 Å². The third-order valence-electron chi connectivity index (χ3n) is 8.93. The highest BCUT2D eigenvalue weighted by atomic mass is 19.3. The number of amides is 2. The molecule has 1 saturated heterocycles. The molecule has 2 amide bonds. The smallest absolute Gasteiger partial charge is 0.264 e. The Kier molecular flexibility index (Phi) is 7.89. The van der Waals surface area contributed by atoms with Gasteiger partial charge in [0.05, 0.1) is 0 Å². The van der Waals surface area contributed by atoms with Gasteiger partial charge >= 0.3 is 0 Å². The van der Waals surface area contributed by atoms with E-state index in [2.05, 4.69) is 32.3 Å². The highest BCUT2D eigenvalue weighted by Gasteiger charge is 2.46. The van der Waals surface area contributed by atoms with Gasteiger partial charge in [-0.15, -0.1) is 0 Å². The minimum absolute atomic E-state index is 0.0418. The third-order valence-corrected chi connectivity index (χ3v) is 8.93. The Labute approximate surface area is 245 Å². The number of carbonyl (C=O) groups excluding carboxylic acids is 2. The first-order chi connectivity index (χ1) is 20.2. The first-order valence-electron chi connectivity index (χ1n) is 14.8. The number of nitrogens with one attached hydrogen (secondary N) is 1. The molecule has 0 bridgehead atoms. The molecular weight excluding hydrogens is 542 g/mol. The topological polar surface area (TPSA) is 81.2 Å². The van der Waals surface area contributed by atoms with Crippen LogP contribution in [0.15, 0.2) is 41.7 Å². The van der Waals surface area contributed by atoms with Crippen LogP contribution in [0.25, 0.3) is 11.1 Å². The Morgan fingerprint density at radius 3 is 2.55 bits per heavy atom. The molecule has 4 aliphatic heterocycles. The Morgan fingerprint density at radius 1 is 1.10 bits per heavy atom. The number of nitrogens with zero attached hydrogens (tertiary/aromatic N) is 5. The largest absolute Gasteiger partial charge is 0.381 e. The normalized spacial score (nSPS) is 21.6. The van der Waals surface area contributed by atoms with Gasteiger partial charge in [0.2, 0.25) is 11.8 Å². The number of fused-ring (bicyclic) bond motifs is 1. The second-order valence-electron chi connectivity index (χ2n) is 11.6. The van der Waals surface area contributed by atoms with Gasteiger partial charge in [0.15, 0.2) is 0 Å². The molecule has 0 spiro atoms. The number of alkyl halides is 2. The van der Waals surface area contributed by atoms with Gasteiger partial charge in [-0.05, 0) is 61.1 Å². The minimum Gasteiger partial charge on any atom is -0.381 e. The van der Waals surface area contributed by atoms with E-state index in [0.29, 0.717) is 36.1 Å². The molecule has 0 saturated carbocycles. The van der Waals surface area contributed by atoms with Crippen LogP contribution in [0.3, 0.4) is 0 Å². The summed E-state index contributed by atoms with van der Waals surface area (Å²) in [6.07, 6.45) is 2.98. The summed E-state index contributed by atoms with van der Waals surface area (Å²) >= 11 is 0. The standard InChI is InChI=1S/C31H38F2N6O3/c1-19(40)35-29-7-6-22(17-34-29)24-15-21-5-4-11-38(28(21)16-25(24)30(32)33)31-26-18-37(20(2)41)12-8-27(26)39(36(31)3)23-9-13-42-14-10-23/h6-7,15-17,23,30-31H,4-5,8-14,18H2,1-3H3,(H,34,35,40). The van der Waals surface area contributed by atoms with E-state index in [4.69, 9.17) is 4.74 Å². The summed E-state index contributed by atoms with van der Waals surface area (Å²) in [6.45, 7) is 6.39. The van der Waals surface area contributed by atoms with Crippen molar-refractivity contribution in [1.82, 2.24) is 19.9 Å². The highest BCUT2D eigenvalue weighted by Crippen LogP contribution is 2.44. The van der Waals surface area contributed by atoms with E-state index in [1.165, 1.54) is 24.4 Å². The van der Waals surface area contributed by atoms with Crippen molar-refractivity contribution in [2.24, 2.45) is 0 Å². The lowest BCUT2D eigenvalue weighted by atomic mass is 9.91. The average molecular weight is 581 g/mol. The van der Waals surface area contributed by atoms with E-state index in [1.54, 1.807) is 25.1 Å². The molecule has 2 aromatic rings.